The molecule has 0 fully saturated rings. The number of carbonyl (C=O) groups excluding carboxylic acids is 2. The maximum atomic E-state index is 11.8. The van der Waals surface area contributed by atoms with Gasteiger partial charge in [0.15, 0.2) is 11.6 Å². The number of allylic oxidation sites excluding steroid dienone is 4. The predicted octanol–water partition coefficient (Wildman–Crippen LogP) is 3.45. The van der Waals surface area contributed by atoms with Crippen molar-refractivity contribution in [1.29, 1.82) is 0 Å². The van der Waals surface area contributed by atoms with Crippen LogP contribution in [0.25, 0.3) is 0 Å². The van der Waals surface area contributed by atoms with Crippen LogP contribution in [0.1, 0.15) is 53.9 Å². The second-order valence-corrected chi connectivity index (χ2v) is 6.71. The summed E-state index contributed by atoms with van der Waals surface area (Å²) in [6.07, 6.45) is 6.26. The summed E-state index contributed by atoms with van der Waals surface area (Å²) >= 11 is 0. The van der Waals surface area contributed by atoms with Crippen molar-refractivity contribution in [2.45, 2.75) is 65.6 Å². The fourth-order valence-corrected chi connectivity index (χ4v) is 2.05. The summed E-state index contributed by atoms with van der Waals surface area (Å²) in [5.41, 5.74) is 1.14. The quantitative estimate of drug-likeness (QED) is 0.474. The first-order valence-electron chi connectivity index (χ1n) is 8.08. The van der Waals surface area contributed by atoms with Crippen LogP contribution in [0.2, 0.25) is 0 Å². The first-order chi connectivity index (χ1) is 11.0. The van der Waals surface area contributed by atoms with Gasteiger partial charge in [-0.1, -0.05) is 23.3 Å². The van der Waals surface area contributed by atoms with Crippen LogP contribution < -0.4 is 0 Å². The summed E-state index contributed by atoms with van der Waals surface area (Å²) in [6.45, 7) is 12.2. The third kappa shape index (κ3) is 9.38. The molecule has 0 aromatic carbocycles. The largest absolute Gasteiger partial charge is 0.386 e. The lowest BCUT2D eigenvalue weighted by molar-refractivity contribution is -0.120. The summed E-state index contributed by atoms with van der Waals surface area (Å²) < 4.78 is 0. The van der Waals surface area contributed by atoms with E-state index in [4.69, 9.17) is 0 Å². The summed E-state index contributed by atoms with van der Waals surface area (Å²) in [6, 6.07) is 0. The van der Waals surface area contributed by atoms with Gasteiger partial charge in [0.25, 0.3) is 0 Å². The first-order valence-corrected chi connectivity index (χ1v) is 8.08. The zero-order valence-corrected chi connectivity index (χ0v) is 15.4. The van der Waals surface area contributed by atoms with Gasteiger partial charge in [-0.05, 0) is 65.2 Å². The van der Waals surface area contributed by atoms with Crippen molar-refractivity contribution in [3.8, 4) is 0 Å². The van der Waals surface area contributed by atoms with E-state index < -0.39 is 11.7 Å². The van der Waals surface area contributed by atoms with Gasteiger partial charge in [0.05, 0.1) is 5.60 Å². The second-order valence-electron chi connectivity index (χ2n) is 6.71. The lowest BCUT2D eigenvalue weighted by Gasteiger charge is -2.16. The van der Waals surface area contributed by atoms with Crippen LogP contribution in [-0.2, 0) is 9.59 Å². The molecule has 2 atom stereocenters. The number of ketones is 2. The van der Waals surface area contributed by atoms with E-state index in [2.05, 4.69) is 6.58 Å². The molecule has 0 aliphatic rings. The molecule has 24 heavy (non-hydrogen) atoms. The molecule has 0 aromatic heterocycles. The highest BCUT2D eigenvalue weighted by atomic mass is 16.3. The Morgan fingerprint density at radius 1 is 1.17 bits per heavy atom. The topological polar surface area (TPSA) is 74.6 Å². The molecule has 0 saturated heterocycles. The van der Waals surface area contributed by atoms with Crippen LogP contribution in [-0.4, -0.2) is 33.5 Å². The van der Waals surface area contributed by atoms with Crippen molar-refractivity contribution in [1.82, 2.24) is 0 Å². The molecule has 134 valence electrons. The van der Waals surface area contributed by atoms with Crippen molar-refractivity contribution in [3.05, 3.63) is 47.6 Å². The zero-order valence-electron chi connectivity index (χ0n) is 15.4. The molecule has 0 unspecified atom stereocenters. The highest BCUT2D eigenvalue weighted by Gasteiger charge is 2.19. The minimum Gasteiger partial charge on any atom is -0.386 e. The summed E-state index contributed by atoms with van der Waals surface area (Å²) in [7, 11) is 0. The second kappa shape index (κ2) is 10.2. The molecular weight excluding hydrogens is 304 g/mol. The molecule has 0 radical (unpaired) electrons. The lowest BCUT2D eigenvalue weighted by Crippen LogP contribution is -2.23. The third-order valence-electron chi connectivity index (χ3n) is 3.52. The SMILES string of the molecule is C=C[C@@](C)(O)CC(=O)/C=C(\C)CC/C=C(\C)[C@@H](O)C(=O)C=C(C)C. The van der Waals surface area contributed by atoms with Gasteiger partial charge in [-0.3, -0.25) is 9.59 Å². The smallest absolute Gasteiger partial charge is 0.188 e. The molecule has 0 aliphatic carbocycles. The summed E-state index contributed by atoms with van der Waals surface area (Å²) in [5, 5.41) is 19.7. The minimum atomic E-state index is -1.19. The highest BCUT2D eigenvalue weighted by Crippen LogP contribution is 2.14. The van der Waals surface area contributed by atoms with Gasteiger partial charge in [-0.25, -0.2) is 0 Å². The number of aliphatic hydroxyl groups excluding tert-OH is 1. The van der Waals surface area contributed by atoms with Crippen LogP contribution in [0.4, 0.5) is 0 Å². The van der Waals surface area contributed by atoms with Crippen LogP contribution >= 0.6 is 0 Å². The van der Waals surface area contributed by atoms with E-state index in [9.17, 15) is 19.8 Å². The highest BCUT2D eigenvalue weighted by molar-refractivity contribution is 5.95. The van der Waals surface area contributed by atoms with Gasteiger partial charge in [0.2, 0.25) is 0 Å². The normalized spacial score (nSPS) is 16.1. The van der Waals surface area contributed by atoms with E-state index in [0.29, 0.717) is 18.4 Å². The molecular formula is C20H30O4. The molecule has 0 heterocycles. The average molecular weight is 334 g/mol. The van der Waals surface area contributed by atoms with Gasteiger partial charge in [0, 0.05) is 6.42 Å². The van der Waals surface area contributed by atoms with Crippen molar-refractivity contribution in [2.75, 3.05) is 0 Å². The molecule has 0 aliphatic heterocycles. The maximum Gasteiger partial charge on any atom is 0.188 e. The zero-order chi connectivity index (χ0) is 18.9. The molecule has 0 spiro atoms. The van der Waals surface area contributed by atoms with Gasteiger partial charge < -0.3 is 10.2 Å². The fourth-order valence-electron chi connectivity index (χ4n) is 2.05. The lowest BCUT2D eigenvalue weighted by atomic mass is 9.98. The molecule has 0 saturated carbocycles. The Morgan fingerprint density at radius 3 is 2.25 bits per heavy atom. The summed E-state index contributed by atoms with van der Waals surface area (Å²) in [5.74, 6) is -0.477. The molecule has 4 nitrogen and oxygen atoms in total. The Morgan fingerprint density at radius 2 is 1.75 bits per heavy atom. The van der Waals surface area contributed by atoms with Gasteiger partial charge in [-0.15, -0.1) is 6.58 Å². The molecule has 0 bridgehead atoms. The number of hydrogen-bond acceptors (Lipinski definition) is 4. The van der Waals surface area contributed by atoms with Crippen molar-refractivity contribution in [3.63, 3.8) is 0 Å². The number of aliphatic hydroxyl groups is 2. The number of rotatable bonds is 10. The minimum absolute atomic E-state index is 0.00136. The monoisotopic (exact) mass is 334 g/mol. The van der Waals surface area contributed by atoms with Crippen molar-refractivity contribution >= 4 is 11.6 Å². The van der Waals surface area contributed by atoms with E-state index in [-0.39, 0.29) is 18.0 Å². The fraction of sp³-hybridized carbons (Fsp3) is 0.500. The number of hydrogen-bond donors (Lipinski definition) is 2. The Kier molecular flexibility index (Phi) is 9.41. The van der Waals surface area contributed by atoms with Crippen LogP contribution in [0.5, 0.6) is 0 Å². The Balaban J connectivity index is 4.60. The van der Waals surface area contributed by atoms with Crippen LogP contribution in [0.3, 0.4) is 0 Å². The average Bonchev–Trinajstić information content (AvgIpc) is 2.44. The molecule has 4 heteroatoms. The van der Waals surface area contributed by atoms with Gasteiger partial charge in [-0.2, -0.15) is 0 Å². The predicted molar refractivity (Wildman–Crippen MR) is 97.6 cm³/mol. The Hall–Kier alpha value is -1.78. The van der Waals surface area contributed by atoms with E-state index in [1.54, 1.807) is 20.8 Å². The standard InChI is InChI=1S/C20H30O4/c1-7-20(6,24)13-17(21)12-15(4)9-8-10-16(5)19(23)18(22)11-14(2)3/h7,10-12,19,23-24H,1,8-9,13H2,2-6H3/b15-12+,16-10+/t19-,20-/m1/s1. The number of carbonyl (C=O) groups is 2. The van der Waals surface area contributed by atoms with Gasteiger partial charge in [0.1, 0.15) is 6.10 Å². The maximum absolute atomic E-state index is 11.8. The van der Waals surface area contributed by atoms with Gasteiger partial charge >= 0.3 is 0 Å². The Bertz CT molecular complexity index is 558. The molecule has 0 amide bonds. The molecule has 0 rings (SSSR count). The Labute approximate surface area is 145 Å². The molecule has 0 aromatic rings. The molecule has 2 N–H and O–H groups in total. The van der Waals surface area contributed by atoms with E-state index in [1.165, 1.54) is 25.2 Å². The van der Waals surface area contributed by atoms with E-state index in [0.717, 1.165) is 11.1 Å². The summed E-state index contributed by atoms with van der Waals surface area (Å²) in [4.78, 5) is 23.6. The van der Waals surface area contributed by atoms with Crippen LogP contribution in [0.15, 0.2) is 47.6 Å². The van der Waals surface area contributed by atoms with E-state index in [1.807, 2.05) is 13.0 Å². The van der Waals surface area contributed by atoms with Crippen molar-refractivity contribution < 1.29 is 19.8 Å². The first kappa shape index (κ1) is 22.2. The van der Waals surface area contributed by atoms with Crippen molar-refractivity contribution in [2.24, 2.45) is 0 Å². The van der Waals surface area contributed by atoms with Crippen LogP contribution in [0, 0.1) is 0 Å². The third-order valence-corrected chi connectivity index (χ3v) is 3.52. The van der Waals surface area contributed by atoms with E-state index >= 15 is 0 Å².